The summed E-state index contributed by atoms with van der Waals surface area (Å²) in [4.78, 5) is 16.7. The fraction of sp³-hybridized carbons (Fsp3) is 0.684. The lowest BCUT2D eigenvalue weighted by molar-refractivity contribution is -0.184. The molecule has 5 nitrogen and oxygen atoms in total. The van der Waals surface area contributed by atoms with Crippen molar-refractivity contribution in [2.45, 2.75) is 57.5 Å². The third kappa shape index (κ3) is 7.38. The summed E-state index contributed by atoms with van der Waals surface area (Å²) in [5.74, 6) is -1.37. The predicted molar refractivity (Wildman–Crippen MR) is 112 cm³/mol. The average Bonchev–Trinajstić information content (AvgIpc) is 2.67. The lowest BCUT2D eigenvalue weighted by atomic mass is 9.79. The Morgan fingerprint density at radius 2 is 1.97 bits per heavy atom. The summed E-state index contributed by atoms with van der Waals surface area (Å²) in [6.07, 6.45) is -4.38. The van der Waals surface area contributed by atoms with Gasteiger partial charge in [0.05, 0.1) is 21.7 Å². The number of ether oxygens (including phenoxy) is 1. The molecule has 1 aromatic rings. The largest absolute Gasteiger partial charge is 0.471 e. The summed E-state index contributed by atoms with van der Waals surface area (Å²) in [5.41, 5.74) is 6.12. The molecule has 170 valence electrons. The van der Waals surface area contributed by atoms with Crippen molar-refractivity contribution in [3.63, 3.8) is 0 Å². The predicted octanol–water partition coefficient (Wildman–Crippen LogP) is 5.83. The van der Waals surface area contributed by atoms with Crippen LogP contribution in [-0.4, -0.2) is 34.5 Å². The van der Waals surface area contributed by atoms with Crippen LogP contribution >= 0.6 is 22.6 Å². The maximum atomic E-state index is 12.7. The number of pyridine rings is 1. The second-order valence-corrected chi connectivity index (χ2v) is 8.13. The zero-order chi connectivity index (χ0) is 22.3. The molecule has 1 aliphatic carbocycles. The molecule has 1 aromatic heterocycles. The lowest BCUT2D eigenvalue weighted by Crippen LogP contribution is -2.27. The highest BCUT2D eigenvalue weighted by Gasteiger charge is 2.41. The molecule has 0 aliphatic heterocycles. The number of nitrogens with two attached hydrogens (primary N) is 1. The van der Waals surface area contributed by atoms with Gasteiger partial charge in [-0.25, -0.2) is 8.78 Å². The highest BCUT2D eigenvalue weighted by molar-refractivity contribution is 14.1. The zero-order valence-electron chi connectivity index (χ0n) is 16.3. The number of carbonyl (C=O) groups excluding carboxylic acids is 1. The Kier molecular flexibility index (Phi) is 9.35. The summed E-state index contributed by atoms with van der Waals surface area (Å²) >= 11 is 2.02. The molecule has 2 rings (SSSR count). The van der Waals surface area contributed by atoms with E-state index in [-0.39, 0.29) is 53.9 Å². The van der Waals surface area contributed by atoms with Crippen LogP contribution in [0, 0.1) is 11.8 Å². The zero-order valence-corrected chi connectivity index (χ0v) is 18.4. The molecule has 1 saturated carbocycles. The Balaban J connectivity index is 1.94. The third-order valence-corrected chi connectivity index (χ3v) is 5.61. The number of hydrogen-bond donors (Lipinski definition) is 2. The van der Waals surface area contributed by atoms with E-state index in [1.165, 1.54) is 6.07 Å². The molecular weight excluding hydrogens is 524 g/mol. The Hall–Kier alpha value is -1.40. The van der Waals surface area contributed by atoms with Gasteiger partial charge in [-0.1, -0.05) is 29.0 Å². The molecule has 0 unspecified atom stereocenters. The van der Waals surface area contributed by atoms with Gasteiger partial charge in [0.25, 0.3) is 6.43 Å². The van der Waals surface area contributed by atoms with E-state index < -0.39 is 25.1 Å². The number of aromatic nitrogens is 1. The molecule has 30 heavy (non-hydrogen) atoms. The van der Waals surface area contributed by atoms with Crippen LogP contribution in [-0.2, 0) is 0 Å². The molecule has 0 bridgehead atoms. The Bertz CT molecular complexity index is 710. The van der Waals surface area contributed by atoms with Crippen molar-refractivity contribution in [1.82, 2.24) is 4.98 Å². The minimum Gasteiger partial charge on any atom is -0.471 e. The minimum absolute atomic E-state index is 0.0351. The van der Waals surface area contributed by atoms with Gasteiger partial charge < -0.3 is 15.8 Å². The van der Waals surface area contributed by atoms with E-state index in [0.29, 0.717) is 30.2 Å². The molecule has 0 amide bonds. The number of carbonyl (C=O) groups is 1. The van der Waals surface area contributed by atoms with Crippen molar-refractivity contribution < 1.29 is 31.5 Å². The van der Waals surface area contributed by atoms with E-state index in [1.807, 2.05) is 22.6 Å². The van der Waals surface area contributed by atoms with Crippen molar-refractivity contribution in [3.8, 4) is 5.88 Å². The Morgan fingerprint density at radius 1 is 1.30 bits per heavy atom. The number of hydrogen-bond acceptors (Lipinski definition) is 5. The summed E-state index contributed by atoms with van der Waals surface area (Å²) in [6.45, 7) is -0.899. The topological polar surface area (TPSA) is 77.2 Å². The van der Waals surface area contributed by atoms with E-state index in [0.717, 1.165) is 0 Å². The summed E-state index contributed by atoms with van der Waals surface area (Å²) < 4.78 is 68.8. The van der Waals surface area contributed by atoms with E-state index in [2.05, 4.69) is 10.3 Å². The van der Waals surface area contributed by atoms with Crippen LogP contribution in [0.3, 0.4) is 0 Å². The highest BCUT2D eigenvalue weighted by Crippen LogP contribution is 2.40. The van der Waals surface area contributed by atoms with Crippen molar-refractivity contribution >= 4 is 39.9 Å². The molecule has 1 fully saturated rings. The molecule has 0 atom stereocenters. The van der Waals surface area contributed by atoms with Gasteiger partial charge in [0.15, 0.2) is 18.2 Å². The lowest BCUT2D eigenvalue weighted by Gasteiger charge is -2.29. The number of halogens is 6. The fourth-order valence-electron chi connectivity index (χ4n) is 3.63. The summed E-state index contributed by atoms with van der Waals surface area (Å²) in [5, 5.41) is 2.86. The van der Waals surface area contributed by atoms with Gasteiger partial charge in [-0.05, 0) is 44.1 Å². The van der Waals surface area contributed by atoms with Crippen LogP contribution in [0.1, 0.15) is 55.3 Å². The van der Waals surface area contributed by atoms with Crippen LogP contribution in [0.4, 0.5) is 33.5 Å². The third-order valence-electron chi connectivity index (χ3n) is 5.22. The van der Waals surface area contributed by atoms with Crippen LogP contribution in [0.2, 0.25) is 0 Å². The van der Waals surface area contributed by atoms with Crippen molar-refractivity contribution in [2.24, 2.45) is 11.8 Å². The van der Waals surface area contributed by atoms with Crippen molar-refractivity contribution in [2.75, 3.05) is 22.2 Å². The Morgan fingerprint density at radius 3 is 2.53 bits per heavy atom. The van der Waals surface area contributed by atoms with Gasteiger partial charge in [0.1, 0.15) is 0 Å². The standard InChI is InChI=1S/C19H25F5IN3O2/c20-16(21)9-30-18-13(8-14(26)17(28-18)27-10-25)15(29)3-1-2-11-4-6-12(7-5-11)19(22,23)24/h8,11-12,16H,1-7,9-10,26H2,(H,27,28). The van der Waals surface area contributed by atoms with Gasteiger partial charge in [-0.3, -0.25) is 4.79 Å². The number of rotatable bonds is 10. The highest BCUT2D eigenvalue weighted by atomic mass is 127. The quantitative estimate of drug-likeness (QED) is 0.126. The molecule has 1 aliphatic rings. The number of anilines is 2. The maximum Gasteiger partial charge on any atom is 0.391 e. The number of nitrogen functional groups attached to an aromatic ring is 1. The Labute approximate surface area is 185 Å². The molecule has 0 saturated heterocycles. The molecule has 0 aromatic carbocycles. The van der Waals surface area contributed by atoms with Gasteiger partial charge in [-0.15, -0.1) is 0 Å². The number of alkyl halides is 6. The van der Waals surface area contributed by atoms with Crippen molar-refractivity contribution in [3.05, 3.63) is 11.6 Å². The van der Waals surface area contributed by atoms with Crippen LogP contribution in [0.25, 0.3) is 0 Å². The van der Waals surface area contributed by atoms with Gasteiger partial charge in [0, 0.05) is 6.42 Å². The second-order valence-electron chi connectivity index (χ2n) is 7.37. The summed E-state index contributed by atoms with van der Waals surface area (Å²) in [6, 6.07) is 1.36. The van der Waals surface area contributed by atoms with Crippen LogP contribution < -0.4 is 15.8 Å². The second kappa shape index (κ2) is 11.3. The first-order valence-electron chi connectivity index (χ1n) is 9.73. The van der Waals surface area contributed by atoms with Crippen LogP contribution in [0.5, 0.6) is 5.88 Å². The smallest absolute Gasteiger partial charge is 0.391 e. The fourth-order valence-corrected chi connectivity index (χ4v) is 3.99. The average molecular weight is 549 g/mol. The SMILES string of the molecule is Nc1cc(C(=O)CCCC2CCC(C(F)(F)F)CC2)c(OCC(F)F)nc1NCI. The number of Topliss-reactive ketones (excluding diaryl/α,β-unsaturated/α-hetero) is 1. The number of ketones is 1. The van der Waals surface area contributed by atoms with Crippen molar-refractivity contribution in [1.29, 1.82) is 0 Å². The molecule has 0 radical (unpaired) electrons. The first-order valence-corrected chi connectivity index (χ1v) is 11.3. The number of nitrogens with one attached hydrogen (secondary N) is 1. The monoisotopic (exact) mass is 549 g/mol. The first kappa shape index (κ1) is 24.9. The minimum atomic E-state index is -4.14. The molecule has 0 spiro atoms. The first-order chi connectivity index (χ1) is 14.1. The normalized spacial score (nSPS) is 19.7. The van der Waals surface area contributed by atoms with E-state index in [1.54, 1.807) is 0 Å². The maximum absolute atomic E-state index is 12.7. The summed E-state index contributed by atoms with van der Waals surface area (Å²) in [7, 11) is 0. The molecule has 11 heteroatoms. The molecular formula is C19H25F5IN3O2. The van der Waals surface area contributed by atoms with Gasteiger partial charge in [0.2, 0.25) is 5.88 Å². The number of nitrogens with zero attached hydrogens (tertiary/aromatic N) is 1. The molecule has 1 heterocycles. The van der Waals surface area contributed by atoms with Gasteiger partial charge >= 0.3 is 6.18 Å². The molecule has 3 N–H and O–H groups in total. The van der Waals surface area contributed by atoms with E-state index in [9.17, 15) is 26.7 Å². The van der Waals surface area contributed by atoms with E-state index >= 15 is 0 Å². The van der Waals surface area contributed by atoms with E-state index in [4.69, 9.17) is 10.5 Å². The van der Waals surface area contributed by atoms with Gasteiger partial charge in [-0.2, -0.15) is 18.2 Å². The van der Waals surface area contributed by atoms with Crippen LogP contribution in [0.15, 0.2) is 6.07 Å².